The fourth-order valence-electron chi connectivity index (χ4n) is 0.985. The number of benzene rings is 1. The molecule has 1 atom stereocenters. The van der Waals surface area contributed by atoms with Crippen molar-refractivity contribution in [3.05, 3.63) is 34.9 Å². The lowest BCUT2D eigenvalue weighted by molar-refractivity contribution is -0.305. The van der Waals surface area contributed by atoms with E-state index in [1.165, 1.54) is 0 Å². The van der Waals surface area contributed by atoms with Gasteiger partial charge in [-0.2, -0.15) is 22.0 Å². The topological polar surface area (TPSA) is 0 Å². The number of halogens is 7. The maximum Gasteiger partial charge on any atom is 0.456 e. The summed E-state index contributed by atoms with van der Waals surface area (Å²) >= 11 is 5.39. The maximum absolute atomic E-state index is 13.0. The second kappa shape index (κ2) is 4.16. The molecule has 1 aromatic carbocycles. The smallest absolute Gasteiger partial charge is 0.235 e. The second-order valence-electron chi connectivity index (χ2n) is 3.03. The molecule has 1 unspecified atom stereocenters. The van der Waals surface area contributed by atoms with Gasteiger partial charge in [0.15, 0.2) is 6.17 Å². The highest BCUT2D eigenvalue weighted by molar-refractivity contribution is 6.30. The zero-order valence-corrected chi connectivity index (χ0v) is 8.29. The fraction of sp³-hybridized carbons (Fsp3) is 0.333. The first kappa shape index (κ1) is 13.2. The molecule has 90 valence electrons. The quantitative estimate of drug-likeness (QED) is 0.686. The van der Waals surface area contributed by atoms with Crippen molar-refractivity contribution in [2.45, 2.75) is 18.3 Å². The second-order valence-corrected chi connectivity index (χ2v) is 3.47. The molecule has 0 fully saturated rings. The Bertz CT molecular complexity index is 355. The van der Waals surface area contributed by atoms with Gasteiger partial charge in [0, 0.05) is 5.02 Å². The molecule has 0 bridgehead atoms. The summed E-state index contributed by atoms with van der Waals surface area (Å²) in [6.45, 7) is 0. The van der Waals surface area contributed by atoms with Crippen LogP contribution in [0.25, 0.3) is 0 Å². The Balaban J connectivity index is 3.02. The van der Waals surface area contributed by atoms with Gasteiger partial charge in [-0.3, -0.25) is 0 Å². The summed E-state index contributed by atoms with van der Waals surface area (Å²) < 4.78 is 73.7. The molecule has 1 rings (SSSR count). The van der Waals surface area contributed by atoms with Crippen LogP contribution in [0.4, 0.5) is 26.3 Å². The molecule has 1 aromatic rings. The van der Waals surface area contributed by atoms with E-state index in [0.29, 0.717) is 0 Å². The first-order valence-corrected chi connectivity index (χ1v) is 4.38. The van der Waals surface area contributed by atoms with Gasteiger partial charge >= 0.3 is 12.1 Å². The van der Waals surface area contributed by atoms with Crippen molar-refractivity contribution in [1.82, 2.24) is 0 Å². The van der Waals surface area contributed by atoms with Gasteiger partial charge in [0.05, 0.1) is 0 Å². The molecule has 0 radical (unpaired) electrons. The van der Waals surface area contributed by atoms with Gasteiger partial charge in [-0.25, -0.2) is 4.39 Å². The summed E-state index contributed by atoms with van der Waals surface area (Å²) in [5.74, 6) is -5.42. The predicted molar refractivity (Wildman–Crippen MR) is 46.3 cm³/mol. The molecule has 7 heteroatoms. The molecule has 16 heavy (non-hydrogen) atoms. The fourth-order valence-corrected chi connectivity index (χ4v) is 1.11. The zero-order valence-electron chi connectivity index (χ0n) is 7.53. The standard InChI is InChI=1S/C9H5ClF6/c10-6-3-1-5(2-4-6)7(11)8(12,13)9(14,15)16/h1-4,7H. The van der Waals surface area contributed by atoms with Crippen LogP contribution in [0, 0.1) is 0 Å². The minimum Gasteiger partial charge on any atom is -0.235 e. The van der Waals surface area contributed by atoms with Crippen molar-refractivity contribution < 1.29 is 26.3 Å². The van der Waals surface area contributed by atoms with Crippen LogP contribution in [0.1, 0.15) is 11.7 Å². The average molecular weight is 263 g/mol. The lowest BCUT2D eigenvalue weighted by atomic mass is 10.0. The van der Waals surface area contributed by atoms with Crippen LogP contribution >= 0.6 is 11.6 Å². The number of alkyl halides is 6. The van der Waals surface area contributed by atoms with Crippen molar-refractivity contribution >= 4 is 11.6 Å². The van der Waals surface area contributed by atoms with Crippen LogP contribution in [0.2, 0.25) is 5.02 Å². The van der Waals surface area contributed by atoms with Crippen LogP contribution in [0.3, 0.4) is 0 Å². The highest BCUT2D eigenvalue weighted by Crippen LogP contribution is 2.46. The van der Waals surface area contributed by atoms with Crippen molar-refractivity contribution in [3.63, 3.8) is 0 Å². The molecule has 0 saturated carbocycles. The lowest BCUT2D eigenvalue weighted by Gasteiger charge is -2.23. The molecule has 0 amide bonds. The summed E-state index contributed by atoms with van der Waals surface area (Å²) in [6.07, 6.45) is -9.36. The molecule has 0 aromatic heterocycles. The molecular weight excluding hydrogens is 258 g/mol. The van der Waals surface area contributed by atoms with Crippen LogP contribution in [-0.4, -0.2) is 12.1 Å². The molecule has 0 N–H and O–H groups in total. The van der Waals surface area contributed by atoms with E-state index >= 15 is 0 Å². The molecule has 0 aliphatic carbocycles. The molecule has 0 nitrogen and oxygen atoms in total. The van der Waals surface area contributed by atoms with Crippen LogP contribution in [0.15, 0.2) is 24.3 Å². The van der Waals surface area contributed by atoms with Crippen LogP contribution in [0.5, 0.6) is 0 Å². The first-order valence-electron chi connectivity index (χ1n) is 4.00. The summed E-state index contributed by atoms with van der Waals surface area (Å²) in [6, 6.07) is 3.64. The molecular formula is C9H5ClF6. The third-order valence-electron chi connectivity index (χ3n) is 1.86. The Morgan fingerprint density at radius 3 is 1.75 bits per heavy atom. The number of hydrogen-bond acceptors (Lipinski definition) is 0. The SMILES string of the molecule is FC(c1ccc(Cl)cc1)C(F)(F)C(F)(F)F. The normalized spacial score (nSPS) is 14.9. The Labute approximate surface area is 91.8 Å². The van der Waals surface area contributed by atoms with Gasteiger partial charge in [-0.15, -0.1) is 0 Å². The zero-order chi connectivity index (χ0) is 12.6. The van der Waals surface area contributed by atoms with Gasteiger partial charge in [0.25, 0.3) is 0 Å². The van der Waals surface area contributed by atoms with Gasteiger partial charge in [0.2, 0.25) is 0 Å². The van der Waals surface area contributed by atoms with E-state index in [9.17, 15) is 26.3 Å². The third kappa shape index (κ3) is 2.42. The van der Waals surface area contributed by atoms with E-state index in [-0.39, 0.29) is 5.02 Å². The van der Waals surface area contributed by atoms with E-state index in [1.54, 1.807) is 0 Å². The third-order valence-corrected chi connectivity index (χ3v) is 2.11. The molecule has 0 saturated heterocycles. The van der Waals surface area contributed by atoms with Gasteiger partial charge < -0.3 is 0 Å². The summed E-state index contributed by atoms with van der Waals surface area (Å²) in [5, 5.41) is 0.117. The first-order chi connectivity index (χ1) is 7.16. The van der Waals surface area contributed by atoms with Crippen molar-refractivity contribution in [1.29, 1.82) is 0 Å². The molecule has 0 aliphatic heterocycles. The number of hydrogen-bond donors (Lipinski definition) is 0. The average Bonchev–Trinajstić information content (AvgIpc) is 2.16. The predicted octanol–water partition coefficient (Wildman–Crippen LogP) is 4.55. The Morgan fingerprint density at radius 2 is 1.38 bits per heavy atom. The van der Waals surface area contributed by atoms with Gasteiger partial charge in [0.1, 0.15) is 0 Å². The van der Waals surface area contributed by atoms with E-state index in [2.05, 4.69) is 0 Å². The van der Waals surface area contributed by atoms with Crippen molar-refractivity contribution in [2.24, 2.45) is 0 Å². The monoisotopic (exact) mass is 262 g/mol. The van der Waals surface area contributed by atoms with E-state index in [0.717, 1.165) is 24.3 Å². The van der Waals surface area contributed by atoms with Crippen molar-refractivity contribution in [2.75, 3.05) is 0 Å². The minimum absolute atomic E-state index is 0.117. The minimum atomic E-state index is -5.92. The Hall–Kier alpha value is -0.910. The van der Waals surface area contributed by atoms with E-state index < -0.39 is 23.8 Å². The highest BCUT2D eigenvalue weighted by Gasteiger charge is 2.63. The van der Waals surface area contributed by atoms with Gasteiger partial charge in [-0.1, -0.05) is 23.7 Å². The van der Waals surface area contributed by atoms with Crippen molar-refractivity contribution in [3.8, 4) is 0 Å². The lowest BCUT2D eigenvalue weighted by Crippen LogP contribution is -2.40. The summed E-state index contributed by atoms with van der Waals surface area (Å²) in [5.41, 5.74) is -0.772. The highest BCUT2D eigenvalue weighted by atomic mass is 35.5. The van der Waals surface area contributed by atoms with Crippen LogP contribution in [-0.2, 0) is 0 Å². The van der Waals surface area contributed by atoms with Crippen LogP contribution < -0.4 is 0 Å². The van der Waals surface area contributed by atoms with Gasteiger partial charge in [-0.05, 0) is 17.7 Å². The number of rotatable bonds is 2. The van der Waals surface area contributed by atoms with E-state index in [4.69, 9.17) is 11.6 Å². The molecule has 0 aliphatic rings. The molecule has 0 heterocycles. The summed E-state index contributed by atoms with van der Waals surface area (Å²) in [4.78, 5) is 0. The Kier molecular flexibility index (Phi) is 3.42. The Morgan fingerprint density at radius 1 is 0.938 bits per heavy atom. The maximum atomic E-state index is 13.0. The molecule has 0 spiro atoms. The van der Waals surface area contributed by atoms with E-state index in [1.807, 2.05) is 0 Å². The summed E-state index contributed by atoms with van der Waals surface area (Å²) in [7, 11) is 0. The largest absolute Gasteiger partial charge is 0.456 e.